The molecule has 0 bridgehead atoms. The Balaban J connectivity index is 2.17. The molecule has 0 saturated heterocycles. The molecule has 2 N–H and O–H groups in total. The van der Waals surface area contributed by atoms with Crippen LogP contribution >= 0.6 is 0 Å². The third kappa shape index (κ3) is 7.75. The summed E-state index contributed by atoms with van der Waals surface area (Å²) in [6, 6.07) is 7.57. The van der Waals surface area contributed by atoms with E-state index in [9.17, 15) is 28.8 Å². The molecule has 2 aromatic rings. The van der Waals surface area contributed by atoms with E-state index in [4.69, 9.17) is 18.9 Å². The minimum absolute atomic E-state index is 0.0592. The van der Waals surface area contributed by atoms with Gasteiger partial charge in [0, 0.05) is 51.2 Å². The summed E-state index contributed by atoms with van der Waals surface area (Å²) in [5, 5.41) is 4.61. The van der Waals surface area contributed by atoms with Gasteiger partial charge in [-0.25, -0.2) is 0 Å². The molecule has 0 aliphatic rings. The van der Waals surface area contributed by atoms with Gasteiger partial charge in [0.25, 0.3) is 0 Å². The van der Waals surface area contributed by atoms with Crippen molar-refractivity contribution in [3.05, 3.63) is 36.4 Å². The minimum Gasteiger partial charge on any atom is -0.423 e. The van der Waals surface area contributed by atoms with Gasteiger partial charge in [-0.05, 0) is 24.3 Å². The summed E-state index contributed by atoms with van der Waals surface area (Å²) in [5.74, 6) is -5.30. The zero-order valence-corrected chi connectivity index (χ0v) is 18.5. The average Bonchev–Trinajstić information content (AvgIpc) is 2.70. The summed E-state index contributed by atoms with van der Waals surface area (Å²) >= 11 is 0. The lowest BCUT2D eigenvalue weighted by molar-refractivity contribution is -0.134. The number of ether oxygens (including phenoxy) is 4. The fourth-order valence-electron chi connectivity index (χ4n) is 2.49. The molecule has 2 aromatic carbocycles. The van der Waals surface area contributed by atoms with Gasteiger partial charge in [0.05, 0.1) is 0 Å². The lowest BCUT2D eigenvalue weighted by Crippen LogP contribution is -2.29. The number of amides is 2. The summed E-state index contributed by atoms with van der Waals surface area (Å²) < 4.78 is 19.8. The average molecular weight is 472 g/mol. The van der Waals surface area contributed by atoms with Crippen molar-refractivity contribution in [1.29, 1.82) is 0 Å². The molecule has 0 spiro atoms. The molecule has 0 unspecified atom stereocenters. The number of hydrogen-bond donors (Lipinski definition) is 2. The maximum absolute atomic E-state index is 12.3. The first-order valence-corrected chi connectivity index (χ1v) is 9.58. The Labute approximate surface area is 193 Å². The molecule has 0 fully saturated rings. The Morgan fingerprint density at radius 2 is 0.794 bits per heavy atom. The summed E-state index contributed by atoms with van der Waals surface area (Å²) in [7, 11) is 0. The van der Waals surface area contributed by atoms with Gasteiger partial charge in [-0.2, -0.15) is 0 Å². The topological polar surface area (TPSA) is 163 Å². The van der Waals surface area contributed by atoms with Crippen LogP contribution in [-0.4, -0.2) is 35.7 Å². The van der Waals surface area contributed by atoms with Crippen LogP contribution in [0.4, 0.5) is 11.4 Å². The lowest BCUT2D eigenvalue weighted by Gasteiger charge is -2.12. The van der Waals surface area contributed by atoms with Gasteiger partial charge < -0.3 is 29.6 Å². The minimum atomic E-state index is -1.09. The fourth-order valence-corrected chi connectivity index (χ4v) is 2.49. The van der Waals surface area contributed by atoms with Crippen LogP contribution in [0.3, 0.4) is 0 Å². The molecule has 0 saturated carbocycles. The Morgan fingerprint density at radius 3 is 1.09 bits per heavy atom. The van der Waals surface area contributed by atoms with Crippen molar-refractivity contribution in [3.63, 3.8) is 0 Å². The second-order valence-corrected chi connectivity index (χ2v) is 6.61. The quantitative estimate of drug-likeness (QED) is 0.361. The zero-order valence-electron chi connectivity index (χ0n) is 18.5. The third-order valence-corrected chi connectivity index (χ3v) is 3.62. The van der Waals surface area contributed by atoms with Gasteiger partial charge >= 0.3 is 35.7 Å². The van der Waals surface area contributed by atoms with Crippen LogP contribution in [0, 0.1) is 0 Å². The molecule has 12 heteroatoms. The number of nitrogens with one attached hydrogen (secondary N) is 2. The van der Waals surface area contributed by atoms with Crippen molar-refractivity contribution in [2.24, 2.45) is 0 Å². The third-order valence-electron chi connectivity index (χ3n) is 3.62. The van der Waals surface area contributed by atoms with Crippen molar-refractivity contribution < 1.29 is 47.7 Å². The lowest BCUT2D eigenvalue weighted by atomic mass is 10.2. The maximum Gasteiger partial charge on any atom is 0.314 e. The number of rotatable bonds is 6. The summed E-state index contributed by atoms with van der Waals surface area (Å²) in [5.41, 5.74) is 0.135. The van der Waals surface area contributed by atoms with Gasteiger partial charge in [0.2, 0.25) is 0 Å². The van der Waals surface area contributed by atoms with Gasteiger partial charge in [0.1, 0.15) is 0 Å². The van der Waals surface area contributed by atoms with Crippen molar-refractivity contribution in [2.45, 2.75) is 27.7 Å². The van der Waals surface area contributed by atoms with Crippen molar-refractivity contribution in [1.82, 2.24) is 0 Å². The van der Waals surface area contributed by atoms with E-state index in [-0.39, 0.29) is 34.4 Å². The van der Waals surface area contributed by atoms with Crippen LogP contribution in [0.1, 0.15) is 27.7 Å². The molecule has 0 aromatic heterocycles. The van der Waals surface area contributed by atoms with Crippen molar-refractivity contribution >= 4 is 47.1 Å². The Hall–Kier alpha value is -4.74. The number of benzene rings is 2. The molecule has 12 nitrogen and oxygen atoms in total. The largest absolute Gasteiger partial charge is 0.423 e. The van der Waals surface area contributed by atoms with Crippen molar-refractivity contribution in [3.8, 4) is 23.0 Å². The molecule has 178 valence electrons. The van der Waals surface area contributed by atoms with Gasteiger partial charge in [0.15, 0.2) is 23.0 Å². The molecule has 0 aliphatic carbocycles. The number of esters is 4. The Bertz CT molecular complexity index is 1080. The van der Waals surface area contributed by atoms with E-state index in [1.807, 2.05) is 0 Å². The molecular formula is C22H20N2O10. The molecule has 0 aliphatic heterocycles. The van der Waals surface area contributed by atoms with Gasteiger partial charge in [-0.1, -0.05) is 0 Å². The first-order chi connectivity index (χ1) is 15.9. The Morgan fingerprint density at radius 1 is 0.500 bits per heavy atom. The molecule has 0 heterocycles. The predicted octanol–water partition coefficient (Wildman–Crippen LogP) is 1.96. The molecule has 34 heavy (non-hydrogen) atoms. The first kappa shape index (κ1) is 25.5. The second-order valence-electron chi connectivity index (χ2n) is 6.61. The van der Waals surface area contributed by atoms with E-state index in [0.29, 0.717) is 0 Å². The van der Waals surface area contributed by atoms with E-state index < -0.39 is 35.7 Å². The molecule has 2 amide bonds. The van der Waals surface area contributed by atoms with Crippen LogP contribution in [0.25, 0.3) is 0 Å². The molecule has 2 rings (SSSR count). The van der Waals surface area contributed by atoms with Gasteiger partial charge in [-0.3, -0.25) is 28.8 Å². The highest BCUT2D eigenvalue weighted by atomic mass is 16.6. The summed E-state index contributed by atoms with van der Waals surface area (Å²) in [6.45, 7) is 4.58. The number of carbonyl (C=O) groups excluding carboxylic acids is 6. The number of hydrogen-bond acceptors (Lipinski definition) is 10. The predicted molar refractivity (Wildman–Crippen MR) is 115 cm³/mol. The number of carbonyl (C=O) groups is 6. The molecule has 0 radical (unpaired) electrons. The molecule has 0 atom stereocenters. The van der Waals surface area contributed by atoms with E-state index in [2.05, 4.69) is 10.6 Å². The van der Waals surface area contributed by atoms with Gasteiger partial charge in [-0.15, -0.1) is 0 Å². The summed E-state index contributed by atoms with van der Waals surface area (Å²) in [6.07, 6.45) is 0. The van der Waals surface area contributed by atoms with Crippen LogP contribution in [0.15, 0.2) is 36.4 Å². The standard InChI is InChI=1S/C22H20N2O10/c1-11(25)31-17-7-5-15(9-19(17)33-13(3)27)23-21(29)22(30)24-16-6-8-18(32-12(2)26)20(10-16)34-14(4)28/h5-10H,1-4H3,(H,23,29)(H,24,30). The zero-order chi connectivity index (χ0) is 25.4. The SMILES string of the molecule is CC(=O)Oc1ccc(NC(=O)C(=O)Nc2ccc(OC(C)=O)c(OC(C)=O)c2)cc1OC(C)=O. The Kier molecular flexibility index (Phi) is 8.42. The number of anilines is 2. The smallest absolute Gasteiger partial charge is 0.314 e. The van der Waals surface area contributed by atoms with E-state index in [1.54, 1.807) is 0 Å². The van der Waals surface area contributed by atoms with Crippen LogP contribution in [0.5, 0.6) is 23.0 Å². The highest BCUT2D eigenvalue weighted by Gasteiger charge is 2.18. The monoisotopic (exact) mass is 472 g/mol. The highest BCUT2D eigenvalue weighted by Crippen LogP contribution is 2.32. The van der Waals surface area contributed by atoms with Crippen LogP contribution in [0.2, 0.25) is 0 Å². The normalized spacial score (nSPS) is 9.88. The van der Waals surface area contributed by atoms with E-state index in [0.717, 1.165) is 27.7 Å². The van der Waals surface area contributed by atoms with E-state index >= 15 is 0 Å². The molecular weight excluding hydrogens is 452 g/mol. The fraction of sp³-hybridized carbons (Fsp3) is 0.182. The van der Waals surface area contributed by atoms with E-state index in [1.165, 1.54) is 36.4 Å². The maximum atomic E-state index is 12.3. The first-order valence-electron chi connectivity index (χ1n) is 9.58. The van der Waals surface area contributed by atoms with Crippen molar-refractivity contribution in [2.75, 3.05) is 10.6 Å². The summed E-state index contributed by atoms with van der Waals surface area (Å²) in [4.78, 5) is 69.6. The van der Waals surface area contributed by atoms with Crippen LogP contribution in [-0.2, 0) is 28.8 Å². The second kappa shape index (κ2) is 11.2. The van der Waals surface area contributed by atoms with Crippen LogP contribution < -0.4 is 29.6 Å². The highest BCUT2D eigenvalue weighted by molar-refractivity contribution is 6.43.